The molecule has 1 aliphatic rings. The molecular weight excluding hydrogens is 333 g/mol. The maximum Gasteiger partial charge on any atom is 0.387 e. The fourth-order valence-corrected chi connectivity index (χ4v) is 2.70. The molecule has 0 aromatic heterocycles. The normalized spacial score (nSPS) is 16.5. The molecule has 22 heavy (non-hydrogen) atoms. The van der Waals surface area contributed by atoms with E-state index in [-0.39, 0.29) is 30.6 Å². The highest BCUT2D eigenvalue weighted by molar-refractivity contribution is 5.85. The molecule has 0 unspecified atom stereocenters. The van der Waals surface area contributed by atoms with E-state index in [1.165, 1.54) is 5.56 Å². The summed E-state index contributed by atoms with van der Waals surface area (Å²) >= 11 is 0. The van der Waals surface area contributed by atoms with Crippen LogP contribution in [0, 0.1) is 0 Å². The van der Waals surface area contributed by atoms with Crippen molar-refractivity contribution in [1.29, 1.82) is 0 Å². The lowest BCUT2D eigenvalue weighted by Crippen LogP contribution is -2.45. The highest BCUT2D eigenvalue weighted by Gasteiger charge is 2.21. The van der Waals surface area contributed by atoms with Crippen LogP contribution in [0.5, 0.6) is 5.75 Å². The Morgan fingerprint density at radius 3 is 2.23 bits per heavy atom. The number of benzene rings is 1. The standard InChI is InChI=1S/C15H22F2N2O.2ClH/c1-2-3-14(19-10-8-18-9-11-19)12-4-6-13(7-5-12)20-15(16)17;;/h4-7,14-15,18H,2-3,8-11H2,1H3;2*1H/t14-;;/m0../s1. The predicted molar refractivity (Wildman–Crippen MR) is 89.7 cm³/mol. The molecule has 0 radical (unpaired) electrons. The Balaban J connectivity index is 0.00000220. The maximum absolute atomic E-state index is 12.2. The summed E-state index contributed by atoms with van der Waals surface area (Å²) in [5, 5.41) is 3.35. The number of hydrogen-bond donors (Lipinski definition) is 1. The number of alkyl halides is 2. The van der Waals surface area contributed by atoms with E-state index in [1.807, 2.05) is 12.1 Å². The van der Waals surface area contributed by atoms with E-state index in [0.29, 0.717) is 6.04 Å². The van der Waals surface area contributed by atoms with E-state index in [9.17, 15) is 8.78 Å². The first-order valence-electron chi connectivity index (χ1n) is 7.20. The van der Waals surface area contributed by atoms with E-state index in [4.69, 9.17) is 0 Å². The van der Waals surface area contributed by atoms with E-state index in [1.54, 1.807) is 12.1 Å². The SMILES string of the molecule is CCC[C@@H](c1ccc(OC(F)F)cc1)N1CCNCC1.Cl.Cl. The molecule has 0 bridgehead atoms. The number of hydrogen-bond acceptors (Lipinski definition) is 3. The molecule has 1 aliphatic heterocycles. The van der Waals surface area contributed by atoms with Crippen LogP contribution in [-0.2, 0) is 0 Å². The Hall–Kier alpha value is -0.620. The molecule has 2 rings (SSSR count). The van der Waals surface area contributed by atoms with Crippen molar-refractivity contribution < 1.29 is 13.5 Å². The van der Waals surface area contributed by atoms with Crippen molar-refractivity contribution in [3.63, 3.8) is 0 Å². The van der Waals surface area contributed by atoms with Crippen LogP contribution in [0.3, 0.4) is 0 Å². The van der Waals surface area contributed by atoms with Crippen LogP contribution in [0.25, 0.3) is 0 Å². The first-order chi connectivity index (χ1) is 9.70. The first-order valence-corrected chi connectivity index (χ1v) is 7.20. The molecule has 7 heteroatoms. The molecule has 1 aromatic carbocycles. The van der Waals surface area contributed by atoms with Gasteiger partial charge >= 0.3 is 6.61 Å². The van der Waals surface area contributed by atoms with Crippen LogP contribution >= 0.6 is 24.8 Å². The van der Waals surface area contributed by atoms with Crippen molar-refractivity contribution in [3.05, 3.63) is 29.8 Å². The molecule has 0 spiro atoms. The Morgan fingerprint density at radius 1 is 1.14 bits per heavy atom. The third-order valence-corrected chi connectivity index (χ3v) is 3.64. The smallest absolute Gasteiger partial charge is 0.387 e. The summed E-state index contributed by atoms with van der Waals surface area (Å²) in [7, 11) is 0. The number of nitrogens with one attached hydrogen (secondary N) is 1. The molecule has 1 aromatic rings. The van der Waals surface area contributed by atoms with E-state index < -0.39 is 6.61 Å². The second-order valence-corrected chi connectivity index (χ2v) is 5.04. The average Bonchev–Trinajstić information content (AvgIpc) is 2.46. The monoisotopic (exact) mass is 356 g/mol. The molecular formula is C15H24Cl2F2N2O. The highest BCUT2D eigenvalue weighted by Crippen LogP contribution is 2.27. The zero-order valence-corrected chi connectivity index (χ0v) is 14.3. The Labute approximate surface area is 143 Å². The molecule has 0 aliphatic carbocycles. The van der Waals surface area contributed by atoms with Crippen LogP contribution < -0.4 is 10.1 Å². The third kappa shape index (κ3) is 6.24. The van der Waals surface area contributed by atoms with Crippen molar-refractivity contribution in [2.45, 2.75) is 32.4 Å². The quantitative estimate of drug-likeness (QED) is 0.836. The summed E-state index contributed by atoms with van der Waals surface area (Å²) in [6.45, 7) is 3.48. The molecule has 1 saturated heterocycles. The number of rotatable bonds is 6. The lowest BCUT2D eigenvalue weighted by molar-refractivity contribution is -0.0498. The molecule has 128 valence electrons. The van der Waals surface area contributed by atoms with Gasteiger partial charge in [-0.1, -0.05) is 25.5 Å². The Kier molecular flexibility index (Phi) is 10.7. The molecule has 0 amide bonds. The summed E-state index contributed by atoms with van der Waals surface area (Å²) in [6, 6.07) is 7.43. The van der Waals surface area contributed by atoms with Crippen molar-refractivity contribution in [2.75, 3.05) is 26.2 Å². The van der Waals surface area contributed by atoms with Crippen LogP contribution in [-0.4, -0.2) is 37.7 Å². The van der Waals surface area contributed by atoms with Gasteiger partial charge in [0.25, 0.3) is 0 Å². The van der Waals surface area contributed by atoms with Crippen LogP contribution in [0.1, 0.15) is 31.4 Å². The summed E-state index contributed by atoms with van der Waals surface area (Å²) < 4.78 is 28.7. The molecule has 1 atom stereocenters. The van der Waals surface area contributed by atoms with Crippen molar-refractivity contribution in [1.82, 2.24) is 10.2 Å². The van der Waals surface area contributed by atoms with Crippen molar-refractivity contribution in [3.8, 4) is 5.75 Å². The van der Waals surface area contributed by atoms with Gasteiger partial charge in [-0.2, -0.15) is 8.78 Å². The van der Waals surface area contributed by atoms with Gasteiger partial charge in [0.15, 0.2) is 0 Å². The van der Waals surface area contributed by atoms with Crippen LogP contribution in [0.15, 0.2) is 24.3 Å². The zero-order valence-electron chi connectivity index (χ0n) is 12.6. The van der Waals surface area contributed by atoms with E-state index >= 15 is 0 Å². The number of nitrogens with zero attached hydrogens (tertiary/aromatic N) is 1. The van der Waals surface area contributed by atoms with Gasteiger partial charge in [-0.05, 0) is 24.1 Å². The van der Waals surface area contributed by atoms with Gasteiger partial charge in [0.05, 0.1) is 0 Å². The van der Waals surface area contributed by atoms with Gasteiger partial charge in [0.1, 0.15) is 5.75 Å². The van der Waals surface area contributed by atoms with Gasteiger partial charge in [-0.3, -0.25) is 4.90 Å². The molecule has 3 nitrogen and oxygen atoms in total. The second kappa shape index (κ2) is 11.0. The number of halogens is 4. The zero-order chi connectivity index (χ0) is 14.4. The van der Waals surface area contributed by atoms with E-state index in [0.717, 1.165) is 39.0 Å². The van der Waals surface area contributed by atoms with E-state index in [2.05, 4.69) is 21.9 Å². The molecule has 1 fully saturated rings. The lowest BCUT2D eigenvalue weighted by atomic mass is 10.00. The summed E-state index contributed by atoms with van der Waals surface area (Å²) in [4.78, 5) is 2.46. The Morgan fingerprint density at radius 2 is 1.73 bits per heavy atom. The fraction of sp³-hybridized carbons (Fsp3) is 0.600. The summed E-state index contributed by atoms with van der Waals surface area (Å²) in [5.41, 5.74) is 1.18. The number of ether oxygens (including phenoxy) is 1. The minimum Gasteiger partial charge on any atom is -0.435 e. The minimum absolute atomic E-state index is 0. The van der Waals surface area contributed by atoms with Crippen LogP contribution in [0.2, 0.25) is 0 Å². The van der Waals surface area contributed by atoms with Crippen molar-refractivity contribution in [2.24, 2.45) is 0 Å². The van der Waals surface area contributed by atoms with Crippen LogP contribution in [0.4, 0.5) is 8.78 Å². The first kappa shape index (κ1) is 21.4. The maximum atomic E-state index is 12.2. The van der Waals surface area contributed by atoms with Crippen molar-refractivity contribution >= 4 is 24.8 Å². The highest BCUT2D eigenvalue weighted by atomic mass is 35.5. The summed E-state index contributed by atoms with van der Waals surface area (Å²) in [5.74, 6) is 0.222. The van der Waals surface area contributed by atoms with Gasteiger partial charge in [0, 0.05) is 32.2 Å². The number of piperazine rings is 1. The molecule has 0 saturated carbocycles. The van der Waals surface area contributed by atoms with Gasteiger partial charge in [-0.25, -0.2) is 0 Å². The Bertz CT molecular complexity index is 401. The molecule has 1 N–H and O–H groups in total. The largest absolute Gasteiger partial charge is 0.435 e. The topological polar surface area (TPSA) is 24.5 Å². The minimum atomic E-state index is -2.76. The van der Waals surface area contributed by atoms with Gasteiger partial charge in [-0.15, -0.1) is 24.8 Å². The van der Waals surface area contributed by atoms with Gasteiger partial charge in [0.2, 0.25) is 0 Å². The lowest BCUT2D eigenvalue weighted by Gasteiger charge is -2.35. The summed E-state index contributed by atoms with van der Waals surface area (Å²) in [6.07, 6.45) is 2.18. The fourth-order valence-electron chi connectivity index (χ4n) is 2.70. The van der Waals surface area contributed by atoms with Gasteiger partial charge < -0.3 is 10.1 Å². The predicted octanol–water partition coefficient (Wildman–Crippen LogP) is 3.88. The average molecular weight is 357 g/mol. The second-order valence-electron chi connectivity index (χ2n) is 5.04. The molecule has 1 heterocycles. The third-order valence-electron chi connectivity index (χ3n) is 3.64.